The van der Waals surface area contributed by atoms with Crippen molar-refractivity contribution >= 4 is 53.4 Å². The first-order valence-corrected chi connectivity index (χ1v) is 18.7. The molecular formula is C47H31N5S. The number of nitrogens with zero attached hydrogens (tertiary/aromatic N) is 5. The second-order valence-electron chi connectivity index (χ2n) is 14.3. The van der Waals surface area contributed by atoms with Crippen molar-refractivity contribution in [3.63, 3.8) is 0 Å². The molecular weight excluding hydrogens is 667 g/mol. The van der Waals surface area contributed by atoms with E-state index in [0.717, 1.165) is 38.9 Å². The van der Waals surface area contributed by atoms with Crippen molar-refractivity contribution < 1.29 is 0 Å². The van der Waals surface area contributed by atoms with Crippen LogP contribution in [0.3, 0.4) is 0 Å². The molecule has 0 fully saturated rings. The lowest BCUT2D eigenvalue weighted by Crippen LogP contribution is -2.15. The van der Waals surface area contributed by atoms with Gasteiger partial charge in [-0.25, -0.2) is 19.9 Å². The Labute approximate surface area is 309 Å². The van der Waals surface area contributed by atoms with Gasteiger partial charge in [-0.2, -0.15) is 0 Å². The molecule has 6 heteroatoms. The van der Waals surface area contributed by atoms with E-state index in [9.17, 15) is 0 Å². The van der Waals surface area contributed by atoms with Gasteiger partial charge in [0.2, 0.25) is 0 Å². The number of aromatic nitrogens is 5. The van der Waals surface area contributed by atoms with Crippen LogP contribution in [0.25, 0.3) is 93.1 Å². The van der Waals surface area contributed by atoms with Crippen molar-refractivity contribution in [1.82, 2.24) is 24.5 Å². The summed E-state index contributed by atoms with van der Waals surface area (Å²) in [5.41, 5.74) is 11.2. The zero-order valence-corrected chi connectivity index (χ0v) is 29.9. The van der Waals surface area contributed by atoms with Crippen molar-refractivity contribution in [3.8, 4) is 51.0 Å². The van der Waals surface area contributed by atoms with Crippen LogP contribution in [0.5, 0.6) is 0 Å². The minimum Gasteiger partial charge on any atom is -0.294 e. The molecule has 6 aromatic carbocycles. The van der Waals surface area contributed by atoms with Gasteiger partial charge in [0.15, 0.2) is 17.5 Å². The molecule has 11 rings (SSSR count). The Morgan fingerprint density at radius 2 is 1.13 bits per heavy atom. The standard InChI is InChI=1S/C47H31N5S/c1-47(2)38-16-8-6-13-32(38)33-21-18-30(26-39(33)47)45-50-43(28-11-4-3-5-12-28)49-44(51-45)29-19-22-41-36(25-29)37-27-31(20-23-42(37)53-41)52-40-17-9-7-14-34(40)35-15-10-24-48-46(35)52/h3-27H,1-2H3. The molecule has 53 heavy (non-hydrogen) atoms. The Kier molecular flexibility index (Phi) is 6.40. The quantitative estimate of drug-likeness (QED) is 0.184. The van der Waals surface area contributed by atoms with Crippen LogP contribution >= 0.6 is 11.3 Å². The first-order chi connectivity index (χ1) is 26.0. The Morgan fingerprint density at radius 1 is 0.491 bits per heavy atom. The van der Waals surface area contributed by atoms with Crippen LogP contribution in [-0.2, 0) is 5.41 Å². The van der Waals surface area contributed by atoms with E-state index in [0.29, 0.717) is 17.5 Å². The zero-order valence-electron chi connectivity index (χ0n) is 29.1. The number of fused-ring (bicyclic) bond motifs is 9. The van der Waals surface area contributed by atoms with E-state index in [1.807, 2.05) is 30.5 Å². The van der Waals surface area contributed by atoms with Gasteiger partial charge in [0.1, 0.15) is 5.65 Å². The van der Waals surface area contributed by atoms with Gasteiger partial charge in [-0.05, 0) is 82.9 Å². The number of para-hydroxylation sites is 1. The summed E-state index contributed by atoms with van der Waals surface area (Å²) in [6, 6.07) is 51.7. The average molecular weight is 698 g/mol. The highest BCUT2D eigenvalue weighted by Gasteiger charge is 2.35. The molecule has 10 aromatic rings. The fraction of sp³-hybridized carbons (Fsp3) is 0.0638. The molecule has 0 radical (unpaired) electrons. The third-order valence-electron chi connectivity index (χ3n) is 10.9. The predicted octanol–water partition coefficient (Wildman–Crippen LogP) is 12.0. The highest BCUT2D eigenvalue weighted by atomic mass is 32.1. The van der Waals surface area contributed by atoms with E-state index < -0.39 is 0 Å². The van der Waals surface area contributed by atoms with Crippen molar-refractivity contribution in [1.29, 1.82) is 0 Å². The van der Waals surface area contributed by atoms with E-state index in [4.69, 9.17) is 19.9 Å². The Bertz CT molecular complexity index is 3050. The lowest BCUT2D eigenvalue weighted by molar-refractivity contribution is 0.660. The van der Waals surface area contributed by atoms with Crippen LogP contribution in [0.15, 0.2) is 152 Å². The van der Waals surface area contributed by atoms with Gasteiger partial charge >= 0.3 is 0 Å². The Hall–Kier alpha value is -6.50. The zero-order chi connectivity index (χ0) is 35.3. The van der Waals surface area contributed by atoms with Crippen LogP contribution in [0.2, 0.25) is 0 Å². The van der Waals surface area contributed by atoms with E-state index in [-0.39, 0.29) is 5.41 Å². The summed E-state index contributed by atoms with van der Waals surface area (Å²) in [7, 11) is 0. The first kappa shape index (κ1) is 30.2. The van der Waals surface area contributed by atoms with Gasteiger partial charge < -0.3 is 0 Å². The van der Waals surface area contributed by atoms with Crippen LogP contribution in [0.1, 0.15) is 25.0 Å². The molecule has 0 atom stereocenters. The molecule has 0 saturated carbocycles. The van der Waals surface area contributed by atoms with Gasteiger partial charge in [-0.3, -0.25) is 4.57 Å². The third kappa shape index (κ3) is 4.55. The Morgan fingerprint density at radius 3 is 1.98 bits per heavy atom. The highest BCUT2D eigenvalue weighted by Crippen LogP contribution is 2.49. The molecule has 1 aliphatic carbocycles. The SMILES string of the molecule is CC1(C)c2ccccc2-c2ccc(-c3nc(-c4ccccc4)nc(-c4ccc5sc6ccc(-n7c8ccccc8c8cccnc87)cc6c5c4)n3)cc21. The fourth-order valence-electron chi connectivity index (χ4n) is 8.29. The maximum Gasteiger partial charge on any atom is 0.164 e. The summed E-state index contributed by atoms with van der Waals surface area (Å²) < 4.78 is 4.73. The van der Waals surface area contributed by atoms with Crippen molar-refractivity contribution in [2.75, 3.05) is 0 Å². The molecule has 0 unspecified atom stereocenters. The number of thiophene rings is 1. The molecule has 0 N–H and O–H groups in total. The number of hydrogen-bond acceptors (Lipinski definition) is 5. The van der Waals surface area contributed by atoms with Gasteiger partial charge in [-0.15, -0.1) is 11.3 Å². The number of rotatable bonds is 4. The second-order valence-corrected chi connectivity index (χ2v) is 15.4. The minimum atomic E-state index is -0.126. The fourth-order valence-corrected chi connectivity index (χ4v) is 9.36. The third-order valence-corrected chi connectivity index (χ3v) is 12.1. The number of benzene rings is 6. The molecule has 0 aliphatic heterocycles. The molecule has 4 heterocycles. The largest absolute Gasteiger partial charge is 0.294 e. The van der Waals surface area contributed by atoms with E-state index in [1.165, 1.54) is 47.8 Å². The van der Waals surface area contributed by atoms with Crippen LogP contribution < -0.4 is 0 Å². The molecule has 5 nitrogen and oxygen atoms in total. The predicted molar refractivity (Wildman–Crippen MR) is 219 cm³/mol. The summed E-state index contributed by atoms with van der Waals surface area (Å²) in [6.07, 6.45) is 1.87. The first-order valence-electron chi connectivity index (χ1n) is 17.9. The minimum absolute atomic E-state index is 0.126. The summed E-state index contributed by atoms with van der Waals surface area (Å²) in [6.45, 7) is 4.61. The lowest BCUT2D eigenvalue weighted by Gasteiger charge is -2.21. The van der Waals surface area contributed by atoms with Gasteiger partial charge in [0.25, 0.3) is 0 Å². The molecule has 4 aromatic heterocycles. The van der Waals surface area contributed by atoms with Crippen molar-refractivity contribution in [3.05, 3.63) is 163 Å². The molecule has 1 aliphatic rings. The highest BCUT2D eigenvalue weighted by molar-refractivity contribution is 7.25. The summed E-state index contributed by atoms with van der Waals surface area (Å²) in [5, 5.41) is 4.73. The smallest absolute Gasteiger partial charge is 0.164 e. The second kappa shape index (κ2) is 11.2. The molecule has 0 saturated heterocycles. The lowest BCUT2D eigenvalue weighted by atomic mass is 9.82. The van der Waals surface area contributed by atoms with Gasteiger partial charge in [0.05, 0.1) is 5.52 Å². The number of hydrogen-bond donors (Lipinski definition) is 0. The van der Waals surface area contributed by atoms with E-state index in [1.54, 1.807) is 11.3 Å². The topological polar surface area (TPSA) is 56.5 Å². The average Bonchev–Trinajstić information content (AvgIpc) is 3.83. The summed E-state index contributed by atoms with van der Waals surface area (Å²) in [5.74, 6) is 1.98. The summed E-state index contributed by atoms with van der Waals surface area (Å²) in [4.78, 5) is 20.2. The van der Waals surface area contributed by atoms with Gasteiger partial charge in [-0.1, -0.05) is 98.8 Å². The monoisotopic (exact) mass is 697 g/mol. The normalized spacial score (nSPS) is 13.2. The van der Waals surface area contributed by atoms with Crippen LogP contribution in [0, 0.1) is 0 Å². The van der Waals surface area contributed by atoms with Crippen LogP contribution in [-0.4, -0.2) is 24.5 Å². The molecule has 0 spiro atoms. The van der Waals surface area contributed by atoms with E-state index in [2.05, 4.69) is 140 Å². The molecule has 0 amide bonds. The van der Waals surface area contributed by atoms with Crippen molar-refractivity contribution in [2.45, 2.75) is 19.3 Å². The number of pyridine rings is 1. The maximum absolute atomic E-state index is 5.19. The molecule has 0 bridgehead atoms. The van der Waals surface area contributed by atoms with E-state index >= 15 is 0 Å². The maximum atomic E-state index is 5.19. The Balaban J connectivity index is 1.08. The molecule has 250 valence electrons. The summed E-state index contributed by atoms with van der Waals surface area (Å²) >= 11 is 1.81. The van der Waals surface area contributed by atoms with Crippen molar-refractivity contribution in [2.24, 2.45) is 0 Å². The van der Waals surface area contributed by atoms with Crippen LogP contribution in [0.4, 0.5) is 0 Å². The van der Waals surface area contributed by atoms with Gasteiger partial charge in [0, 0.05) is 64.9 Å².